The molecule has 0 saturated carbocycles. The second kappa shape index (κ2) is 8.12. The number of anilines is 4. The number of piperazine rings is 1. The van der Waals surface area contributed by atoms with Gasteiger partial charge in [-0.2, -0.15) is 14.4 Å². The molecule has 4 heterocycles. The predicted molar refractivity (Wildman–Crippen MR) is 112 cm³/mol. The van der Waals surface area contributed by atoms with Crippen LogP contribution in [-0.2, 0) is 11.2 Å². The molecule has 1 N–H and O–H groups in total. The van der Waals surface area contributed by atoms with E-state index in [0.717, 1.165) is 51.3 Å². The van der Waals surface area contributed by atoms with Crippen molar-refractivity contribution in [3.8, 4) is 0 Å². The molecule has 0 aliphatic carbocycles. The van der Waals surface area contributed by atoms with Crippen molar-refractivity contribution in [2.45, 2.75) is 12.8 Å². The second-order valence-electron chi connectivity index (χ2n) is 7.71. The van der Waals surface area contributed by atoms with Crippen LogP contribution in [0.5, 0.6) is 0 Å². The molecule has 1 aromatic heterocycles. The van der Waals surface area contributed by atoms with Gasteiger partial charge in [-0.1, -0.05) is 18.2 Å². The number of hydrogen-bond acceptors (Lipinski definition) is 7. The quantitative estimate of drug-likeness (QED) is 0.848. The molecule has 5 rings (SSSR count). The zero-order chi connectivity index (χ0) is 19.6. The van der Waals surface area contributed by atoms with E-state index < -0.39 is 0 Å². The number of fused-ring (bicyclic) bond motifs is 1. The zero-order valence-electron chi connectivity index (χ0n) is 16.6. The molecule has 7 nitrogen and oxygen atoms in total. The average Bonchev–Trinajstić information content (AvgIpc) is 2.80. The molecular weight excluding hydrogens is 371 g/mol. The number of halogens is 1. The standard InChI is InChI=1S/C21H27FN6O/c22-18-19(26-12-14-29-15-13-26)24-21(27-10-7-23-8-11-27)25-20(18)28-9-3-5-16-4-1-2-6-17(16)28/h1-2,4,6,23H,3,5,7-15H2. The van der Waals surface area contributed by atoms with Crippen LogP contribution >= 0.6 is 0 Å². The first-order chi connectivity index (χ1) is 14.3. The number of ether oxygens (including phenoxy) is 1. The van der Waals surface area contributed by atoms with Gasteiger partial charge in [0.05, 0.1) is 13.2 Å². The monoisotopic (exact) mass is 398 g/mol. The van der Waals surface area contributed by atoms with Gasteiger partial charge >= 0.3 is 0 Å². The molecular formula is C21H27FN6O. The highest BCUT2D eigenvalue weighted by Gasteiger charge is 2.29. The Labute approximate surface area is 170 Å². The van der Waals surface area contributed by atoms with Crippen molar-refractivity contribution in [1.82, 2.24) is 15.3 Å². The van der Waals surface area contributed by atoms with E-state index in [9.17, 15) is 0 Å². The van der Waals surface area contributed by atoms with Gasteiger partial charge in [0.15, 0.2) is 11.6 Å². The molecule has 29 heavy (non-hydrogen) atoms. The summed E-state index contributed by atoms with van der Waals surface area (Å²) in [7, 11) is 0. The predicted octanol–water partition coefficient (Wildman–Crippen LogP) is 1.95. The van der Waals surface area contributed by atoms with Crippen molar-refractivity contribution in [1.29, 1.82) is 0 Å². The third-order valence-electron chi connectivity index (χ3n) is 5.88. The first-order valence-corrected chi connectivity index (χ1v) is 10.5. The number of nitrogens with zero attached hydrogens (tertiary/aromatic N) is 5. The number of morpholine rings is 1. The molecule has 2 saturated heterocycles. The Bertz CT molecular complexity index is 866. The van der Waals surface area contributed by atoms with Crippen LogP contribution in [0.4, 0.5) is 27.7 Å². The molecule has 0 spiro atoms. The number of hydrogen-bond donors (Lipinski definition) is 1. The van der Waals surface area contributed by atoms with E-state index in [1.54, 1.807) is 0 Å². The Hall–Kier alpha value is -2.45. The van der Waals surface area contributed by atoms with E-state index in [1.807, 2.05) is 21.9 Å². The fraction of sp³-hybridized carbons (Fsp3) is 0.524. The number of rotatable bonds is 3. The molecule has 0 atom stereocenters. The fourth-order valence-corrected chi connectivity index (χ4v) is 4.34. The van der Waals surface area contributed by atoms with Gasteiger partial charge in [0.2, 0.25) is 11.8 Å². The van der Waals surface area contributed by atoms with Crippen LogP contribution in [0.1, 0.15) is 12.0 Å². The highest BCUT2D eigenvalue weighted by molar-refractivity contribution is 5.69. The van der Waals surface area contributed by atoms with E-state index in [1.165, 1.54) is 5.56 Å². The highest BCUT2D eigenvalue weighted by atomic mass is 19.1. The van der Waals surface area contributed by atoms with Crippen molar-refractivity contribution in [2.24, 2.45) is 0 Å². The Morgan fingerprint density at radius 1 is 0.897 bits per heavy atom. The third-order valence-corrected chi connectivity index (χ3v) is 5.88. The maximum atomic E-state index is 15.8. The van der Waals surface area contributed by atoms with Gasteiger partial charge in [-0.05, 0) is 24.5 Å². The van der Waals surface area contributed by atoms with Gasteiger partial charge < -0.3 is 24.8 Å². The summed E-state index contributed by atoms with van der Waals surface area (Å²) in [6, 6.07) is 8.25. The first kappa shape index (κ1) is 18.6. The van der Waals surface area contributed by atoms with Crippen LogP contribution in [0.2, 0.25) is 0 Å². The summed E-state index contributed by atoms with van der Waals surface area (Å²) in [5, 5.41) is 3.36. The normalized spacial score (nSPS) is 20.0. The Balaban J connectivity index is 1.60. The lowest BCUT2D eigenvalue weighted by molar-refractivity contribution is 0.122. The summed E-state index contributed by atoms with van der Waals surface area (Å²) in [5.74, 6) is 1.08. The van der Waals surface area contributed by atoms with Crippen molar-refractivity contribution in [3.05, 3.63) is 35.6 Å². The maximum absolute atomic E-state index is 15.8. The van der Waals surface area contributed by atoms with Gasteiger partial charge in [0.25, 0.3) is 0 Å². The van der Waals surface area contributed by atoms with Crippen LogP contribution in [0, 0.1) is 5.82 Å². The number of nitrogens with one attached hydrogen (secondary N) is 1. The van der Waals surface area contributed by atoms with Gasteiger partial charge in [-0.15, -0.1) is 0 Å². The third kappa shape index (κ3) is 3.62. The minimum absolute atomic E-state index is 0.331. The van der Waals surface area contributed by atoms with Crippen LogP contribution in [-0.4, -0.2) is 69.0 Å². The van der Waals surface area contributed by atoms with E-state index in [-0.39, 0.29) is 5.82 Å². The van der Waals surface area contributed by atoms with E-state index in [4.69, 9.17) is 9.72 Å². The largest absolute Gasteiger partial charge is 0.378 e. The molecule has 0 bridgehead atoms. The van der Waals surface area contributed by atoms with Crippen LogP contribution in [0.3, 0.4) is 0 Å². The lowest BCUT2D eigenvalue weighted by Crippen LogP contribution is -2.45. The van der Waals surface area contributed by atoms with Crippen molar-refractivity contribution in [2.75, 3.05) is 73.7 Å². The minimum atomic E-state index is -0.331. The van der Waals surface area contributed by atoms with Gasteiger partial charge in [-0.25, -0.2) is 0 Å². The number of aryl methyl sites for hydroxylation is 1. The molecule has 2 fully saturated rings. The smallest absolute Gasteiger partial charge is 0.229 e. The summed E-state index contributed by atoms with van der Waals surface area (Å²) in [6.45, 7) is 6.65. The highest BCUT2D eigenvalue weighted by Crippen LogP contribution is 2.37. The van der Waals surface area contributed by atoms with Crippen LogP contribution in [0.25, 0.3) is 0 Å². The molecule has 0 radical (unpaired) electrons. The summed E-state index contributed by atoms with van der Waals surface area (Å²) >= 11 is 0. The van der Waals surface area contributed by atoms with E-state index in [2.05, 4.69) is 27.3 Å². The van der Waals surface area contributed by atoms with Crippen LogP contribution < -0.4 is 20.0 Å². The summed E-state index contributed by atoms with van der Waals surface area (Å²) in [5.41, 5.74) is 2.30. The Morgan fingerprint density at radius 3 is 2.48 bits per heavy atom. The van der Waals surface area contributed by atoms with Crippen molar-refractivity contribution in [3.63, 3.8) is 0 Å². The van der Waals surface area contributed by atoms with Crippen LogP contribution in [0.15, 0.2) is 24.3 Å². The lowest BCUT2D eigenvalue weighted by Gasteiger charge is -2.35. The molecule has 0 amide bonds. The zero-order valence-corrected chi connectivity index (χ0v) is 16.6. The molecule has 3 aliphatic rings. The number of para-hydroxylation sites is 1. The fourth-order valence-electron chi connectivity index (χ4n) is 4.34. The second-order valence-corrected chi connectivity index (χ2v) is 7.71. The topological polar surface area (TPSA) is 56.8 Å². The Kier molecular flexibility index (Phi) is 5.20. The SMILES string of the molecule is Fc1c(N2CCOCC2)nc(N2CCNCC2)nc1N1CCCc2ccccc21. The molecule has 154 valence electrons. The first-order valence-electron chi connectivity index (χ1n) is 10.5. The van der Waals surface area contributed by atoms with Crippen molar-refractivity contribution < 1.29 is 9.13 Å². The van der Waals surface area contributed by atoms with Gasteiger partial charge in [-0.3, -0.25) is 0 Å². The molecule has 3 aliphatic heterocycles. The number of benzene rings is 1. The maximum Gasteiger partial charge on any atom is 0.229 e. The van der Waals surface area contributed by atoms with E-state index in [0.29, 0.717) is 43.9 Å². The molecule has 1 aromatic carbocycles. The lowest BCUT2D eigenvalue weighted by atomic mass is 10.0. The average molecular weight is 398 g/mol. The summed E-state index contributed by atoms with van der Waals surface area (Å²) in [4.78, 5) is 15.6. The van der Waals surface area contributed by atoms with Gasteiger partial charge in [0, 0.05) is 51.5 Å². The van der Waals surface area contributed by atoms with E-state index >= 15 is 4.39 Å². The molecule has 2 aromatic rings. The molecule has 8 heteroatoms. The van der Waals surface area contributed by atoms with Crippen molar-refractivity contribution >= 4 is 23.3 Å². The summed E-state index contributed by atoms with van der Waals surface area (Å²) < 4.78 is 21.3. The Morgan fingerprint density at radius 2 is 1.66 bits per heavy atom. The molecule has 0 unspecified atom stereocenters. The number of aromatic nitrogens is 2. The summed E-state index contributed by atoms with van der Waals surface area (Å²) in [6.07, 6.45) is 2.00. The minimum Gasteiger partial charge on any atom is -0.378 e. The van der Waals surface area contributed by atoms with Gasteiger partial charge in [0.1, 0.15) is 0 Å².